The largest absolute Gasteiger partial charge is 0.329 e. The van der Waals surface area contributed by atoms with Crippen LogP contribution in [0.15, 0.2) is 24.3 Å². The molecule has 2 nitrogen and oxygen atoms in total. The van der Waals surface area contributed by atoms with E-state index in [0.29, 0.717) is 0 Å². The molecular formula is C16H25ClN2. The van der Waals surface area contributed by atoms with Crippen molar-refractivity contribution < 1.29 is 0 Å². The van der Waals surface area contributed by atoms with Crippen LogP contribution in [0.25, 0.3) is 0 Å². The van der Waals surface area contributed by atoms with Gasteiger partial charge in [-0.2, -0.15) is 0 Å². The lowest BCUT2D eigenvalue weighted by atomic mass is 9.73. The highest BCUT2D eigenvalue weighted by atomic mass is 35.5. The lowest BCUT2D eigenvalue weighted by molar-refractivity contribution is 0.0276. The molecule has 3 heteroatoms. The molecule has 1 aromatic carbocycles. The van der Waals surface area contributed by atoms with Crippen LogP contribution in [0.5, 0.6) is 0 Å². The molecule has 0 bridgehead atoms. The van der Waals surface area contributed by atoms with Crippen molar-refractivity contribution in [2.24, 2.45) is 11.1 Å². The Labute approximate surface area is 121 Å². The van der Waals surface area contributed by atoms with Crippen LogP contribution in [0.2, 0.25) is 5.02 Å². The summed E-state index contributed by atoms with van der Waals surface area (Å²) in [5.41, 5.74) is 7.80. The molecule has 0 radical (unpaired) electrons. The zero-order valence-corrected chi connectivity index (χ0v) is 13.0. The fourth-order valence-electron chi connectivity index (χ4n) is 3.70. The number of nitrogens with two attached hydrogens (primary N) is 1. The van der Waals surface area contributed by atoms with E-state index >= 15 is 0 Å². The van der Waals surface area contributed by atoms with Crippen molar-refractivity contribution in [2.45, 2.75) is 45.2 Å². The minimum Gasteiger partial charge on any atom is -0.329 e. The third-order valence-electron chi connectivity index (χ3n) is 5.03. The van der Waals surface area contributed by atoms with Gasteiger partial charge < -0.3 is 5.73 Å². The van der Waals surface area contributed by atoms with E-state index in [0.717, 1.165) is 18.1 Å². The third kappa shape index (κ3) is 2.67. The molecule has 0 amide bonds. The van der Waals surface area contributed by atoms with Crippen LogP contribution in [-0.4, -0.2) is 24.0 Å². The summed E-state index contributed by atoms with van der Waals surface area (Å²) >= 11 is 6.07. The summed E-state index contributed by atoms with van der Waals surface area (Å²) in [5.74, 6) is 0. The molecule has 2 rings (SSSR count). The summed E-state index contributed by atoms with van der Waals surface area (Å²) in [4.78, 5) is 2.44. The van der Waals surface area contributed by atoms with Crippen LogP contribution >= 0.6 is 11.6 Å². The lowest BCUT2D eigenvalue weighted by Crippen LogP contribution is -2.57. The second-order valence-corrected chi connectivity index (χ2v) is 6.90. The quantitative estimate of drug-likeness (QED) is 0.912. The first-order valence-corrected chi connectivity index (χ1v) is 7.45. The van der Waals surface area contributed by atoms with Gasteiger partial charge in [-0.1, -0.05) is 44.0 Å². The Morgan fingerprint density at radius 2 is 2.05 bits per heavy atom. The fourth-order valence-corrected chi connectivity index (χ4v) is 3.91. The van der Waals surface area contributed by atoms with E-state index in [1.54, 1.807) is 0 Å². The van der Waals surface area contributed by atoms with Gasteiger partial charge in [0.1, 0.15) is 0 Å². The predicted molar refractivity (Wildman–Crippen MR) is 82.3 cm³/mol. The number of hydrogen-bond acceptors (Lipinski definition) is 2. The maximum absolute atomic E-state index is 6.16. The molecule has 106 valence electrons. The maximum Gasteiger partial charge on any atom is 0.0409 e. The van der Waals surface area contributed by atoms with Gasteiger partial charge in [0.2, 0.25) is 0 Å². The second-order valence-electron chi connectivity index (χ2n) is 6.46. The minimum absolute atomic E-state index is 0.106. The number of rotatable bonds is 4. The zero-order chi connectivity index (χ0) is 14.1. The molecule has 1 aliphatic carbocycles. The highest BCUT2D eigenvalue weighted by molar-refractivity contribution is 6.30. The molecule has 1 unspecified atom stereocenters. The molecule has 1 saturated carbocycles. The number of hydrogen-bond donors (Lipinski definition) is 1. The number of nitrogens with zero attached hydrogens (tertiary/aromatic N) is 1. The van der Waals surface area contributed by atoms with Crippen molar-refractivity contribution in [1.82, 2.24) is 4.90 Å². The fraction of sp³-hybridized carbons (Fsp3) is 0.625. The molecule has 0 spiro atoms. The van der Waals surface area contributed by atoms with E-state index in [4.69, 9.17) is 17.3 Å². The van der Waals surface area contributed by atoms with Crippen molar-refractivity contribution in [1.29, 1.82) is 0 Å². The number of halogens is 1. The molecular weight excluding hydrogens is 256 g/mol. The third-order valence-corrected chi connectivity index (χ3v) is 5.26. The SMILES string of the molecule is CN(Cc1cccc(Cl)c1)C1(CN)CCCC1(C)C. The predicted octanol–water partition coefficient (Wildman–Crippen LogP) is 3.68. The highest BCUT2D eigenvalue weighted by Crippen LogP contribution is 2.48. The van der Waals surface area contributed by atoms with Gasteiger partial charge in [0.25, 0.3) is 0 Å². The van der Waals surface area contributed by atoms with Gasteiger partial charge in [-0.3, -0.25) is 4.90 Å². The van der Waals surface area contributed by atoms with E-state index in [9.17, 15) is 0 Å². The molecule has 1 aromatic rings. The lowest BCUT2D eigenvalue weighted by Gasteiger charge is -2.48. The van der Waals surface area contributed by atoms with Gasteiger partial charge in [-0.05, 0) is 43.0 Å². The summed E-state index contributed by atoms with van der Waals surface area (Å²) in [6.07, 6.45) is 3.71. The maximum atomic E-state index is 6.16. The van der Waals surface area contributed by atoms with Gasteiger partial charge >= 0.3 is 0 Å². The summed E-state index contributed by atoms with van der Waals surface area (Å²) in [7, 11) is 2.20. The molecule has 0 saturated heterocycles. The standard InChI is InChI=1S/C16H25ClN2/c1-15(2)8-5-9-16(15,12-18)19(3)11-13-6-4-7-14(17)10-13/h4,6-7,10H,5,8-9,11-12,18H2,1-3H3. The van der Waals surface area contributed by atoms with E-state index < -0.39 is 0 Å². The van der Waals surface area contributed by atoms with E-state index in [1.165, 1.54) is 24.8 Å². The Morgan fingerprint density at radius 3 is 2.58 bits per heavy atom. The molecule has 0 aromatic heterocycles. The van der Waals surface area contributed by atoms with Gasteiger partial charge in [0.15, 0.2) is 0 Å². The van der Waals surface area contributed by atoms with Crippen LogP contribution < -0.4 is 5.73 Å². The Morgan fingerprint density at radius 1 is 1.32 bits per heavy atom. The van der Waals surface area contributed by atoms with E-state index in [2.05, 4.69) is 31.9 Å². The Balaban J connectivity index is 2.20. The van der Waals surface area contributed by atoms with Gasteiger partial charge in [0, 0.05) is 23.7 Å². The topological polar surface area (TPSA) is 29.3 Å². The molecule has 0 heterocycles. The molecule has 1 aliphatic rings. The molecule has 1 atom stereocenters. The van der Waals surface area contributed by atoms with E-state index in [1.807, 2.05) is 18.2 Å². The molecule has 1 fully saturated rings. The van der Waals surface area contributed by atoms with Gasteiger partial charge in [0.05, 0.1) is 0 Å². The summed E-state index contributed by atoms with van der Waals surface area (Å²) in [5, 5.41) is 0.804. The normalized spacial score (nSPS) is 26.0. The minimum atomic E-state index is 0.106. The average molecular weight is 281 g/mol. The van der Waals surface area contributed by atoms with Crippen molar-refractivity contribution in [3.05, 3.63) is 34.9 Å². The Hall–Kier alpha value is -0.570. The van der Waals surface area contributed by atoms with Crippen LogP contribution in [0.1, 0.15) is 38.7 Å². The van der Waals surface area contributed by atoms with Gasteiger partial charge in [-0.25, -0.2) is 0 Å². The summed E-state index contributed by atoms with van der Waals surface area (Å²) < 4.78 is 0. The van der Waals surface area contributed by atoms with E-state index in [-0.39, 0.29) is 11.0 Å². The molecule has 0 aliphatic heterocycles. The van der Waals surface area contributed by atoms with Gasteiger partial charge in [-0.15, -0.1) is 0 Å². The first kappa shape index (κ1) is 14.8. The first-order valence-electron chi connectivity index (χ1n) is 7.07. The highest BCUT2D eigenvalue weighted by Gasteiger charge is 2.50. The van der Waals surface area contributed by atoms with Crippen LogP contribution in [0.4, 0.5) is 0 Å². The average Bonchev–Trinajstić information content (AvgIpc) is 2.65. The van der Waals surface area contributed by atoms with Crippen LogP contribution in [0.3, 0.4) is 0 Å². The zero-order valence-electron chi connectivity index (χ0n) is 12.2. The smallest absolute Gasteiger partial charge is 0.0409 e. The Kier molecular flexibility index (Phi) is 4.24. The number of benzene rings is 1. The van der Waals surface area contributed by atoms with Crippen molar-refractivity contribution in [2.75, 3.05) is 13.6 Å². The van der Waals surface area contributed by atoms with Crippen LogP contribution in [0, 0.1) is 5.41 Å². The molecule has 2 N–H and O–H groups in total. The molecule has 19 heavy (non-hydrogen) atoms. The number of likely N-dealkylation sites (N-methyl/N-ethyl adjacent to an activating group) is 1. The van der Waals surface area contributed by atoms with Crippen molar-refractivity contribution >= 4 is 11.6 Å². The summed E-state index contributed by atoms with van der Waals surface area (Å²) in [6.45, 7) is 6.32. The second kappa shape index (κ2) is 5.43. The van der Waals surface area contributed by atoms with Crippen LogP contribution in [-0.2, 0) is 6.54 Å². The van der Waals surface area contributed by atoms with Crippen molar-refractivity contribution in [3.63, 3.8) is 0 Å². The van der Waals surface area contributed by atoms with Crippen molar-refractivity contribution in [3.8, 4) is 0 Å². The first-order chi connectivity index (χ1) is 8.91. The summed E-state index contributed by atoms with van der Waals surface area (Å²) in [6, 6.07) is 8.11. The Bertz CT molecular complexity index is 444. The monoisotopic (exact) mass is 280 g/mol.